The van der Waals surface area contributed by atoms with Crippen molar-refractivity contribution < 1.29 is 4.52 Å². The Bertz CT molecular complexity index is 323. The van der Waals surface area contributed by atoms with Crippen LogP contribution in [0.15, 0.2) is 4.52 Å². The second-order valence-electron chi connectivity index (χ2n) is 5.63. The molecule has 0 aliphatic heterocycles. The average Bonchev–Trinajstić information content (AvgIpc) is 2.50. The molecule has 0 aliphatic carbocycles. The van der Waals surface area contributed by atoms with Gasteiger partial charge in [0.1, 0.15) is 0 Å². The summed E-state index contributed by atoms with van der Waals surface area (Å²) >= 11 is 0. The number of rotatable bonds is 3. The lowest BCUT2D eigenvalue weighted by atomic mass is 9.92. The monoisotopic (exact) mass is 211 g/mol. The molecule has 86 valence electrons. The summed E-state index contributed by atoms with van der Waals surface area (Å²) in [5.74, 6) is 1.42. The molecule has 1 rings (SSSR count). The van der Waals surface area contributed by atoms with Gasteiger partial charge >= 0.3 is 0 Å². The van der Waals surface area contributed by atoms with Crippen molar-refractivity contribution in [1.29, 1.82) is 0 Å². The van der Waals surface area contributed by atoms with Gasteiger partial charge < -0.3 is 9.84 Å². The predicted molar refractivity (Wildman–Crippen MR) is 59.5 cm³/mol. The molecule has 0 aliphatic rings. The van der Waals surface area contributed by atoms with Gasteiger partial charge in [-0.3, -0.25) is 0 Å². The minimum absolute atomic E-state index is 0.185. The summed E-state index contributed by atoms with van der Waals surface area (Å²) in [4.78, 5) is 4.40. The first-order chi connectivity index (χ1) is 6.74. The summed E-state index contributed by atoms with van der Waals surface area (Å²) < 4.78 is 5.24. The molecule has 0 aromatic carbocycles. The van der Waals surface area contributed by atoms with Crippen molar-refractivity contribution in [3.8, 4) is 0 Å². The quantitative estimate of drug-likeness (QED) is 0.832. The second-order valence-corrected chi connectivity index (χ2v) is 5.63. The van der Waals surface area contributed by atoms with Crippen molar-refractivity contribution in [3.63, 3.8) is 0 Å². The van der Waals surface area contributed by atoms with Gasteiger partial charge in [-0.2, -0.15) is 4.98 Å². The molecular weight excluding hydrogens is 190 g/mol. The maximum atomic E-state index is 5.24. The lowest BCUT2D eigenvalue weighted by Gasteiger charge is -2.18. The SMILES string of the molecule is CNC(C)(C)c1nc(CC(C)(C)C)no1. The Kier molecular flexibility index (Phi) is 3.19. The van der Waals surface area contributed by atoms with Gasteiger partial charge in [0.25, 0.3) is 0 Å². The van der Waals surface area contributed by atoms with Crippen LogP contribution in [0.5, 0.6) is 0 Å². The van der Waals surface area contributed by atoms with Crippen LogP contribution in [-0.4, -0.2) is 17.2 Å². The number of hydrogen-bond acceptors (Lipinski definition) is 4. The lowest BCUT2D eigenvalue weighted by molar-refractivity contribution is 0.278. The summed E-state index contributed by atoms with van der Waals surface area (Å²) in [7, 11) is 1.88. The van der Waals surface area contributed by atoms with Crippen LogP contribution in [0.3, 0.4) is 0 Å². The van der Waals surface area contributed by atoms with Crippen LogP contribution in [0.4, 0.5) is 0 Å². The van der Waals surface area contributed by atoms with Crippen LogP contribution >= 0.6 is 0 Å². The molecule has 15 heavy (non-hydrogen) atoms. The highest BCUT2D eigenvalue weighted by atomic mass is 16.5. The Hall–Kier alpha value is -0.900. The van der Waals surface area contributed by atoms with Crippen LogP contribution in [0.1, 0.15) is 46.3 Å². The summed E-state index contributed by atoms with van der Waals surface area (Å²) in [6.07, 6.45) is 0.830. The summed E-state index contributed by atoms with van der Waals surface area (Å²) in [5.41, 5.74) is -0.0753. The van der Waals surface area contributed by atoms with Crippen LogP contribution in [0.2, 0.25) is 0 Å². The maximum absolute atomic E-state index is 5.24. The summed E-state index contributed by atoms with van der Waals surface area (Å²) in [6, 6.07) is 0. The van der Waals surface area contributed by atoms with E-state index in [2.05, 4.69) is 36.2 Å². The van der Waals surface area contributed by atoms with Crippen LogP contribution in [0.25, 0.3) is 0 Å². The normalized spacial score (nSPS) is 13.2. The van der Waals surface area contributed by atoms with Gasteiger partial charge in [0.15, 0.2) is 5.82 Å². The van der Waals surface area contributed by atoms with E-state index in [1.165, 1.54) is 0 Å². The number of hydrogen-bond donors (Lipinski definition) is 1. The maximum Gasteiger partial charge on any atom is 0.246 e. The van der Waals surface area contributed by atoms with Gasteiger partial charge in [-0.1, -0.05) is 25.9 Å². The average molecular weight is 211 g/mol. The van der Waals surface area contributed by atoms with E-state index < -0.39 is 0 Å². The standard InChI is InChI=1S/C11H21N3O/c1-10(2,3)7-8-13-9(15-14-8)11(4,5)12-6/h12H,7H2,1-6H3. The van der Waals surface area contributed by atoms with Gasteiger partial charge in [0.2, 0.25) is 5.89 Å². The fourth-order valence-electron chi connectivity index (χ4n) is 1.16. The third kappa shape index (κ3) is 3.30. The van der Waals surface area contributed by atoms with Crippen molar-refractivity contribution in [2.45, 2.75) is 46.6 Å². The second kappa shape index (κ2) is 3.93. The predicted octanol–water partition coefficient (Wildman–Crippen LogP) is 2.11. The number of aromatic nitrogens is 2. The zero-order valence-corrected chi connectivity index (χ0v) is 10.5. The van der Waals surface area contributed by atoms with Crippen LogP contribution in [0, 0.1) is 5.41 Å². The zero-order valence-electron chi connectivity index (χ0n) is 10.5. The minimum Gasteiger partial charge on any atom is -0.337 e. The zero-order chi connectivity index (χ0) is 11.7. The first-order valence-electron chi connectivity index (χ1n) is 5.26. The van der Waals surface area contributed by atoms with Gasteiger partial charge in [-0.05, 0) is 26.3 Å². The first-order valence-corrected chi connectivity index (χ1v) is 5.26. The third-order valence-corrected chi connectivity index (χ3v) is 2.32. The molecule has 0 spiro atoms. The Morgan fingerprint density at radius 1 is 1.20 bits per heavy atom. The lowest BCUT2D eigenvalue weighted by Crippen LogP contribution is -2.33. The first kappa shape index (κ1) is 12.2. The molecule has 0 unspecified atom stereocenters. The molecule has 0 saturated heterocycles. The van der Waals surface area contributed by atoms with E-state index in [1.54, 1.807) is 0 Å². The largest absolute Gasteiger partial charge is 0.337 e. The molecular formula is C11H21N3O. The number of nitrogens with one attached hydrogen (secondary N) is 1. The van der Waals surface area contributed by atoms with E-state index in [4.69, 9.17) is 4.52 Å². The minimum atomic E-state index is -0.261. The van der Waals surface area contributed by atoms with Crippen LogP contribution in [-0.2, 0) is 12.0 Å². The van der Waals surface area contributed by atoms with Crippen molar-refractivity contribution in [2.24, 2.45) is 5.41 Å². The van der Waals surface area contributed by atoms with Gasteiger partial charge in [-0.25, -0.2) is 0 Å². The Labute approximate surface area is 91.5 Å². The molecule has 0 bridgehead atoms. The molecule has 0 saturated carbocycles. The highest BCUT2D eigenvalue weighted by Gasteiger charge is 2.26. The fraction of sp³-hybridized carbons (Fsp3) is 0.818. The van der Waals surface area contributed by atoms with E-state index in [0.29, 0.717) is 5.89 Å². The highest BCUT2D eigenvalue weighted by Crippen LogP contribution is 2.21. The highest BCUT2D eigenvalue weighted by molar-refractivity contribution is 4.99. The van der Waals surface area contributed by atoms with Gasteiger partial charge in [-0.15, -0.1) is 0 Å². The Morgan fingerprint density at radius 3 is 2.27 bits per heavy atom. The topological polar surface area (TPSA) is 51.0 Å². The molecule has 0 radical (unpaired) electrons. The fourth-order valence-corrected chi connectivity index (χ4v) is 1.16. The molecule has 0 fully saturated rings. The molecule has 1 heterocycles. The smallest absolute Gasteiger partial charge is 0.246 e. The molecule has 4 nitrogen and oxygen atoms in total. The van der Waals surface area contributed by atoms with Crippen molar-refractivity contribution in [3.05, 3.63) is 11.7 Å². The summed E-state index contributed by atoms with van der Waals surface area (Å²) in [6.45, 7) is 10.5. The van der Waals surface area contributed by atoms with Crippen molar-refractivity contribution >= 4 is 0 Å². The van der Waals surface area contributed by atoms with E-state index in [0.717, 1.165) is 12.2 Å². The number of nitrogens with zero attached hydrogens (tertiary/aromatic N) is 2. The molecule has 1 aromatic rings. The van der Waals surface area contributed by atoms with E-state index >= 15 is 0 Å². The molecule has 1 aromatic heterocycles. The van der Waals surface area contributed by atoms with Crippen molar-refractivity contribution in [1.82, 2.24) is 15.5 Å². The van der Waals surface area contributed by atoms with Gasteiger partial charge in [0, 0.05) is 6.42 Å². The van der Waals surface area contributed by atoms with E-state index in [-0.39, 0.29) is 11.0 Å². The van der Waals surface area contributed by atoms with E-state index in [9.17, 15) is 0 Å². The molecule has 1 N–H and O–H groups in total. The Balaban J connectivity index is 2.81. The van der Waals surface area contributed by atoms with Crippen LogP contribution < -0.4 is 5.32 Å². The third-order valence-electron chi connectivity index (χ3n) is 2.32. The molecule has 0 amide bonds. The molecule has 4 heteroatoms. The molecule has 0 atom stereocenters. The Morgan fingerprint density at radius 2 is 1.80 bits per heavy atom. The van der Waals surface area contributed by atoms with Gasteiger partial charge in [0.05, 0.1) is 5.54 Å². The van der Waals surface area contributed by atoms with Crippen molar-refractivity contribution in [2.75, 3.05) is 7.05 Å². The summed E-state index contributed by atoms with van der Waals surface area (Å²) in [5, 5.41) is 7.13. The van der Waals surface area contributed by atoms with E-state index in [1.807, 2.05) is 20.9 Å².